The third-order valence-corrected chi connectivity index (χ3v) is 4.72. The molecule has 0 aliphatic rings. The summed E-state index contributed by atoms with van der Waals surface area (Å²) in [6.45, 7) is 1.01. The van der Waals surface area contributed by atoms with Gasteiger partial charge in [0.1, 0.15) is 5.75 Å². The van der Waals surface area contributed by atoms with Gasteiger partial charge in [-0.3, -0.25) is 14.8 Å². The number of phenols is 1. The Morgan fingerprint density at radius 2 is 2.08 bits per heavy atom. The molecule has 9 heteroatoms. The number of carbonyl (C=O) groups is 1. The highest BCUT2D eigenvalue weighted by atomic mass is 127. The molecule has 2 rings (SSSR count). The average molecular weight is 578 g/mol. The van der Waals surface area contributed by atoms with Crippen molar-refractivity contribution in [2.45, 2.75) is 6.42 Å². The second-order valence-corrected chi connectivity index (χ2v) is 7.59. The first-order valence-electron chi connectivity index (χ1n) is 7.61. The first-order chi connectivity index (χ1) is 12.5. The number of amides is 1. The molecular formula is C17H16I2N4O3. The van der Waals surface area contributed by atoms with Crippen molar-refractivity contribution in [1.29, 1.82) is 0 Å². The van der Waals surface area contributed by atoms with Gasteiger partial charge in [0.05, 0.1) is 21.0 Å². The van der Waals surface area contributed by atoms with Crippen LogP contribution in [-0.2, 0) is 0 Å². The molecule has 1 aromatic carbocycles. The van der Waals surface area contributed by atoms with E-state index >= 15 is 0 Å². The maximum absolute atomic E-state index is 12.0. The number of rotatable bonds is 7. The Labute approximate surface area is 177 Å². The van der Waals surface area contributed by atoms with Crippen LogP contribution >= 0.6 is 45.2 Å². The van der Waals surface area contributed by atoms with E-state index in [1.54, 1.807) is 18.3 Å². The number of nitrogens with zero attached hydrogens (tertiary/aromatic N) is 3. The van der Waals surface area contributed by atoms with E-state index in [1.807, 2.05) is 12.1 Å². The second kappa shape index (κ2) is 10.4. The highest BCUT2D eigenvalue weighted by molar-refractivity contribution is 14.1. The minimum absolute atomic E-state index is 0.223. The van der Waals surface area contributed by atoms with Gasteiger partial charge in [0.15, 0.2) is 0 Å². The standard InChI is InChI=1S/C17H16I2N4O3/c18-13-6-12(16(24)15(19)7-13)8-20-4-1-5-21-17(25)11-2-3-14(10-23-26)22-9-11/h2-3,6-10,24,26H,1,4-5H2,(H,21,25). The van der Waals surface area contributed by atoms with E-state index in [-0.39, 0.29) is 11.7 Å². The predicted molar refractivity (Wildman–Crippen MR) is 117 cm³/mol. The normalized spacial score (nSPS) is 11.3. The quantitative estimate of drug-likeness (QED) is 0.155. The van der Waals surface area contributed by atoms with Gasteiger partial charge >= 0.3 is 0 Å². The van der Waals surface area contributed by atoms with Gasteiger partial charge in [0, 0.05) is 34.6 Å². The average Bonchev–Trinajstić information content (AvgIpc) is 2.62. The molecule has 0 aliphatic carbocycles. The van der Waals surface area contributed by atoms with Crippen molar-refractivity contribution in [3.63, 3.8) is 0 Å². The predicted octanol–water partition coefficient (Wildman–Crippen LogP) is 3.04. The Morgan fingerprint density at radius 1 is 1.27 bits per heavy atom. The number of halogens is 2. The molecule has 0 radical (unpaired) electrons. The molecule has 2 aromatic rings. The van der Waals surface area contributed by atoms with Crippen molar-refractivity contribution < 1.29 is 15.1 Å². The highest BCUT2D eigenvalue weighted by Gasteiger charge is 2.06. The Balaban J connectivity index is 1.77. The molecule has 0 atom stereocenters. The Kier molecular flexibility index (Phi) is 8.22. The number of hydrogen-bond acceptors (Lipinski definition) is 6. The van der Waals surface area contributed by atoms with Gasteiger partial charge in [-0.2, -0.15) is 0 Å². The van der Waals surface area contributed by atoms with Crippen LogP contribution in [0.25, 0.3) is 0 Å². The van der Waals surface area contributed by atoms with Crippen molar-refractivity contribution in [1.82, 2.24) is 10.3 Å². The van der Waals surface area contributed by atoms with E-state index in [9.17, 15) is 9.90 Å². The van der Waals surface area contributed by atoms with Crippen LogP contribution in [0.2, 0.25) is 0 Å². The molecule has 0 fully saturated rings. The molecule has 0 saturated heterocycles. The van der Waals surface area contributed by atoms with E-state index < -0.39 is 0 Å². The van der Waals surface area contributed by atoms with Crippen molar-refractivity contribution in [2.75, 3.05) is 13.1 Å². The van der Waals surface area contributed by atoms with Crippen LogP contribution < -0.4 is 5.32 Å². The molecule has 1 amide bonds. The lowest BCUT2D eigenvalue weighted by Gasteiger charge is -2.04. The molecule has 0 unspecified atom stereocenters. The molecule has 136 valence electrons. The van der Waals surface area contributed by atoms with Gasteiger partial charge in [-0.15, -0.1) is 0 Å². The minimum Gasteiger partial charge on any atom is -0.506 e. The largest absolute Gasteiger partial charge is 0.506 e. The van der Waals surface area contributed by atoms with Gasteiger partial charge in [-0.1, -0.05) is 5.16 Å². The zero-order valence-electron chi connectivity index (χ0n) is 13.6. The van der Waals surface area contributed by atoms with Crippen LogP contribution in [0, 0.1) is 7.14 Å². The molecule has 1 heterocycles. The Bertz CT molecular complexity index is 824. The van der Waals surface area contributed by atoms with Crippen LogP contribution in [0.3, 0.4) is 0 Å². The summed E-state index contributed by atoms with van der Waals surface area (Å²) in [5, 5.41) is 24.1. The number of carbonyl (C=O) groups excluding carboxylic acids is 1. The number of benzene rings is 1. The van der Waals surface area contributed by atoms with Crippen LogP contribution in [0.5, 0.6) is 5.75 Å². The van der Waals surface area contributed by atoms with E-state index in [2.05, 4.69) is 65.6 Å². The fourth-order valence-corrected chi connectivity index (χ4v) is 3.89. The number of aliphatic imine (C=N–C) groups is 1. The van der Waals surface area contributed by atoms with Gasteiger partial charge in [0.25, 0.3) is 5.91 Å². The van der Waals surface area contributed by atoms with Crippen molar-refractivity contribution in [3.8, 4) is 5.75 Å². The maximum Gasteiger partial charge on any atom is 0.252 e. The number of oxime groups is 1. The zero-order valence-corrected chi connectivity index (χ0v) is 17.9. The molecule has 0 saturated carbocycles. The van der Waals surface area contributed by atoms with Gasteiger partial charge in [0.2, 0.25) is 0 Å². The lowest BCUT2D eigenvalue weighted by Crippen LogP contribution is -2.25. The molecule has 1 aromatic heterocycles. The molecule has 0 aliphatic heterocycles. The van der Waals surface area contributed by atoms with Gasteiger partial charge in [-0.05, 0) is 75.9 Å². The van der Waals surface area contributed by atoms with Crippen LogP contribution in [0.15, 0.2) is 40.6 Å². The summed E-state index contributed by atoms with van der Waals surface area (Å²) in [5.74, 6) is 0.00374. The molecule has 0 bridgehead atoms. The first kappa shape index (κ1) is 20.6. The van der Waals surface area contributed by atoms with E-state index in [0.29, 0.717) is 36.3 Å². The summed E-state index contributed by atoms with van der Waals surface area (Å²) in [5.41, 5.74) is 1.58. The topological polar surface area (TPSA) is 107 Å². The lowest BCUT2D eigenvalue weighted by molar-refractivity contribution is 0.0953. The van der Waals surface area contributed by atoms with E-state index in [0.717, 1.165) is 7.14 Å². The van der Waals surface area contributed by atoms with Crippen molar-refractivity contribution >= 4 is 63.5 Å². The summed E-state index contributed by atoms with van der Waals surface area (Å²) < 4.78 is 1.82. The van der Waals surface area contributed by atoms with E-state index in [1.165, 1.54) is 12.4 Å². The summed E-state index contributed by atoms with van der Waals surface area (Å²) in [6, 6.07) is 6.95. The first-order valence-corrected chi connectivity index (χ1v) is 9.76. The number of pyridine rings is 1. The van der Waals surface area contributed by atoms with Gasteiger partial charge < -0.3 is 15.6 Å². The van der Waals surface area contributed by atoms with Crippen molar-refractivity contribution in [2.24, 2.45) is 10.1 Å². The molecular weight excluding hydrogens is 562 g/mol. The number of phenolic OH excluding ortho intramolecular Hbond substituents is 1. The smallest absolute Gasteiger partial charge is 0.252 e. The van der Waals surface area contributed by atoms with Crippen LogP contribution in [0.1, 0.15) is 28.0 Å². The molecule has 26 heavy (non-hydrogen) atoms. The third-order valence-electron chi connectivity index (χ3n) is 3.28. The van der Waals surface area contributed by atoms with Crippen LogP contribution in [-0.4, -0.2) is 46.7 Å². The monoisotopic (exact) mass is 578 g/mol. The lowest BCUT2D eigenvalue weighted by atomic mass is 10.2. The third kappa shape index (κ3) is 6.20. The molecule has 3 N–H and O–H groups in total. The SMILES string of the molecule is O=C(NCCCN=Cc1cc(I)cc(I)c1O)c1ccc(C=NO)nc1. The zero-order chi connectivity index (χ0) is 18.9. The summed E-state index contributed by atoms with van der Waals surface area (Å²) in [6.07, 6.45) is 4.93. The Hall–Kier alpha value is -1.76. The van der Waals surface area contributed by atoms with E-state index in [4.69, 9.17) is 5.21 Å². The summed E-state index contributed by atoms with van der Waals surface area (Å²) >= 11 is 4.27. The molecule has 7 nitrogen and oxygen atoms in total. The van der Waals surface area contributed by atoms with Crippen LogP contribution in [0.4, 0.5) is 0 Å². The number of aromatic hydroxyl groups is 1. The van der Waals surface area contributed by atoms with Gasteiger partial charge in [-0.25, -0.2) is 0 Å². The second-order valence-electron chi connectivity index (χ2n) is 5.19. The fraction of sp³-hybridized carbons (Fsp3) is 0.176. The number of nitrogens with one attached hydrogen (secondary N) is 1. The number of aromatic nitrogens is 1. The molecule has 0 spiro atoms. The summed E-state index contributed by atoms with van der Waals surface area (Å²) in [4.78, 5) is 20.3. The maximum atomic E-state index is 12.0. The Morgan fingerprint density at radius 3 is 2.77 bits per heavy atom. The fourth-order valence-electron chi connectivity index (χ4n) is 2.00. The summed E-state index contributed by atoms with van der Waals surface area (Å²) in [7, 11) is 0. The minimum atomic E-state index is -0.223. The number of hydrogen-bond donors (Lipinski definition) is 3. The highest BCUT2D eigenvalue weighted by Crippen LogP contribution is 2.25. The van der Waals surface area contributed by atoms with Crippen molar-refractivity contribution in [3.05, 3.63) is 54.4 Å².